The first-order valence-electron chi connectivity index (χ1n) is 5.31. The largest absolute Gasteiger partial charge is 0.487 e. The Bertz CT molecular complexity index is 489. The molecule has 0 aliphatic rings. The molecule has 0 N–H and O–H groups in total. The molecule has 0 saturated heterocycles. The lowest BCUT2D eigenvalue weighted by Gasteiger charge is -2.13. The predicted molar refractivity (Wildman–Crippen MR) is 66.1 cm³/mol. The molecular formula is C11H11BrF3NO3. The van der Waals surface area contributed by atoms with Crippen molar-refractivity contribution in [3.63, 3.8) is 0 Å². The number of hydrogen-bond donors (Lipinski definition) is 0. The fourth-order valence-electron chi connectivity index (χ4n) is 1.27. The van der Waals surface area contributed by atoms with E-state index >= 15 is 0 Å². The van der Waals surface area contributed by atoms with E-state index in [1.54, 1.807) is 13.8 Å². The van der Waals surface area contributed by atoms with Crippen LogP contribution in [0.5, 0.6) is 5.75 Å². The van der Waals surface area contributed by atoms with Gasteiger partial charge < -0.3 is 4.74 Å². The number of nitrogens with zero attached hydrogens (tertiary/aromatic N) is 1. The molecule has 19 heavy (non-hydrogen) atoms. The number of nitro benzene ring substituents is 1. The summed E-state index contributed by atoms with van der Waals surface area (Å²) in [6.45, 7) is 3.67. The van der Waals surface area contributed by atoms with Gasteiger partial charge in [-0.2, -0.15) is 13.2 Å². The summed E-state index contributed by atoms with van der Waals surface area (Å²) in [6.07, 6.45) is -4.61. The van der Waals surface area contributed by atoms with Crippen molar-refractivity contribution in [2.75, 3.05) is 6.61 Å². The molecule has 0 aromatic heterocycles. The van der Waals surface area contributed by atoms with Gasteiger partial charge in [0.15, 0.2) is 5.75 Å². The summed E-state index contributed by atoms with van der Waals surface area (Å²) in [6, 6.07) is 1.45. The molecule has 0 amide bonds. The topological polar surface area (TPSA) is 52.4 Å². The van der Waals surface area contributed by atoms with Crippen LogP contribution in [0, 0.1) is 16.0 Å². The highest BCUT2D eigenvalue weighted by molar-refractivity contribution is 9.10. The summed E-state index contributed by atoms with van der Waals surface area (Å²) < 4.78 is 42.8. The van der Waals surface area contributed by atoms with Crippen molar-refractivity contribution < 1.29 is 22.8 Å². The van der Waals surface area contributed by atoms with Gasteiger partial charge in [-0.15, -0.1) is 0 Å². The van der Waals surface area contributed by atoms with Gasteiger partial charge in [0, 0.05) is 16.6 Å². The van der Waals surface area contributed by atoms with Gasteiger partial charge in [-0.05, 0) is 21.8 Å². The lowest BCUT2D eigenvalue weighted by atomic mass is 10.2. The number of benzene rings is 1. The van der Waals surface area contributed by atoms with E-state index in [4.69, 9.17) is 4.74 Å². The molecule has 1 rings (SSSR count). The highest BCUT2D eigenvalue weighted by Crippen LogP contribution is 2.41. The quantitative estimate of drug-likeness (QED) is 0.602. The Morgan fingerprint density at radius 3 is 2.42 bits per heavy atom. The zero-order chi connectivity index (χ0) is 14.8. The number of alkyl halides is 3. The van der Waals surface area contributed by atoms with Gasteiger partial charge in [0.25, 0.3) is 0 Å². The molecule has 0 aliphatic carbocycles. The van der Waals surface area contributed by atoms with Crippen LogP contribution in [0.1, 0.15) is 19.4 Å². The SMILES string of the molecule is CC(C)COc1cc(C(F)(F)F)c(Br)cc1[N+](=O)[O-]. The first-order valence-corrected chi connectivity index (χ1v) is 6.10. The van der Waals surface area contributed by atoms with E-state index < -0.39 is 22.4 Å². The Labute approximate surface area is 115 Å². The maximum Gasteiger partial charge on any atom is 0.417 e. The van der Waals surface area contributed by atoms with Crippen molar-refractivity contribution in [1.29, 1.82) is 0 Å². The van der Waals surface area contributed by atoms with Gasteiger partial charge in [-0.1, -0.05) is 13.8 Å². The lowest BCUT2D eigenvalue weighted by Crippen LogP contribution is -2.10. The van der Waals surface area contributed by atoms with Gasteiger partial charge in [0.2, 0.25) is 0 Å². The highest BCUT2D eigenvalue weighted by Gasteiger charge is 2.35. The van der Waals surface area contributed by atoms with Crippen LogP contribution in [0.2, 0.25) is 0 Å². The standard InChI is InChI=1S/C11H11BrF3NO3/c1-6(2)5-19-10-3-7(11(13,14)15)8(12)4-9(10)16(17)18/h3-4,6H,5H2,1-2H3. The second kappa shape index (κ2) is 5.77. The molecule has 0 spiro atoms. The van der Waals surface area contributed by atoms with Crippen molar-refractivity contribution in [1.82, 2.24) is 0 Å². The van der Waals surface area contributed by atoms with E-state index in [1.807, 2.05) is 0 Å². The van der Waals surface area contributed by atoms with Crippen molar-refractivity contribution in [2.24, 2.45) is 5.92 Å². The maximum atomic E-state index is 12.7. The van der Waals surface area contributed by atoms with Crippen LogP contribution in [0.4, 0.5) is 18.9 Å². The third-order valence-corrected chi connectivity index (χ3v) is 2.78. The normalized spacial score (nSPS) is 11.7. The summed E-state index contributed by atoms with van der Waals surface area (Å²) in [4.78, 5) is 10.0. The lowest BCUT2D eigenvalue weighted by molar-refractivity contribution is -0.386. The zero-order valence-corrected chi connectivity index (χ0v) is 11.7. The molecule has 0 saturated carbocycles. The molecule has 8 heteroatoms. The Morgan fingerprint density at radius 1 is 1.42 bits per heavy atom. The fraction of sp³-hybridized carbons (Fsp3) is 0.455. The molecule has 1 aromatic rings. The van der Waals surface area contributed by atoms with Gasteiger partial charge in [0.1, 0.15) is 0 Å². The van der Waals surface area contributed by atoms with Crippen molar-refractivity contribution in [2.45, 2.75) is 20.0 Å². The van der Waals surface area contributed by atoms with E-state index in [2.05, 4.69) is 15.9 Å². The minimum atomic E-state index is -4.61. The van der Waals surface area contributed by atoms with Crippen molar-refractivity contribution >= 4 is 21.6 Å². The third kappa shape index (κ3) is 4.09. The zero-order valence-electron chi connectivity index (χ0n) is 10.1. The number of halogens is 4. The van der Waals surface area contributed by atoms with E-state index in [0.717, 1.165) is 6.07 Å². The van der Waals surface area contributed by atoms with Crippen LogP contribution < -0.4 is 4.74 Å². The van der Waals surface area contributed by atoms with Crippen LogP contribution in [0.15, 0.2) is 16.6 Å². The number of rotatable bonds is 4. The van der Waals surface area contributed by atoms with Gasteiger partial charge >= 0.3 is 11.9 Å². The first kappa shape index (κ1) is 15.7. The first-order chi connectivity index (χ1) is 8.62. The molecule has 0 atom stereocenters. The molecular weight excluding hydrogens is 331 g/mol. The molecule has 0 aliphatic heterocycles. The smallest absolute Gasteiger partial charge is 0.417 e. The Kier molecular flexibility index (Phi) is 4.78. The average molecular weight is 342 g/mol. The second-order valence-corrected chi connectivity index (χ2v) is 5.11. The minimum Gasteiger partial charge on any atom is -0.487 e. The molecule has 0 unspecified atom stereocenters. The molecule has 0 fully saturated rings. The molecule has 0 bridgehead atoms. The van der Waals surface area contributed by atoms with Crippen molar-refractivity contribution in [3.05, 3.63) is 32.3 Å². The van der Waals surface area contributed by atoms with Gasteiger partial charge in [-0.3, -0.25) is 10.1 Å². The average Bonchev–Trinajstić information content (AvgIpc) is 2.24. The summed E-state index contributed by atoms with van der Waals surface area (Å²) in [5, 5.41) is 10.8. The van der Waals surface area contributed by atoms with E-state index in [9.17, 15) is 23.3 Å². The molecule has 1 aromatic carbocycles. The predicted octanol–water partition coefficient (Wildman–Crippen LogP) is 4.41. The molecule has 0 heterocycles. The summed E-state index contributed by atoms with van der Waals surface area (Å²) in [7, 11) is 0. The Hall–Kier alpha value is -1.31. The minimum absolute atomic E-state index is 0.0394. The Morgan fingerprint density at radius 2 is 2.00 bits per heavy atom. The molecule has 106 valence electrons. The van der Waals surface area contributed by atoms with Gasteiger partial charge in [-0.25, -0.2) is 0 Å². The van der Waals surface area contributed by atoms with Crippen LogP contribution in [-0.2, 0) is 6.18 Å². The fourth-order valence-corrected chi connectivity index (χ4v) is 1.83. The van der Waals surface area contributed by atoms with Crippen molar-refractivity contribution in [3.8, 4) is 5.75 Å². The van der Waals surface area contributed by atoms with E-state index in [1.165, 1.54) is 0 Å². The van der Waals surface area contributed by atoms with Crippen LogP contribution in [-0.4, -0.2) is 11.5 Å². The number of ether oxygens (including phenoxy) is 1. The third-order valence-electron chi connectivity index (χ3n) is 2.12. The Balaban J connectivity index is 3.27. The monoisotopic (exact) mass is 341 g/mol. The van der Waals surface area contributed by atoms with E-state index in [-0.39, 0.29) is 22.7 Å². The number of hydrogen-bond acceptors (Lipinski definition) is 3. The maximum absolute atomic E-state index is 12.7. The highest BCUT2D eigenvalue weighted by atomic mass is 79.9. The van der Waals surface area contributed by atoms with Crippen LogP contribution in [0.3, 0.4) is 0 Å². The summed E-state index contributed by atoms with van der Waals surface area (Å²) in [5.74, 6) is -0.341. The molecule has 0 radical (unpaired) electrons. The molecule has 4 nitrogen and oxygen atoms in total. The second-order valence-electron chi connectivity index (χ2n) is 4.26. The van der Waals surface area contributed by atoms with Crippen LogP contribution >= 0.6 is 15.9 Å². The number of nitro groups is 1. The summed E-state index contributed by atoms with van der Waals surface area (Å²) in [5.41, 5.74) is -1.50. The summed E-state index contributed by atoms with van der Waals surface area (Å²) >= 11 is 2.69. The van der Waals surface area contributed by atoms with Crippen LogP contribution in [0.25, 0.3) is 0 Å². The van der Waals surface area contributed by atoms with Gasteiger partial charge in [0.05, 0.1) is 17.1 Å². The van der Waals surface area contributed by atoms with E-state index in [0.29, 0.717) is 6.07 Å².